The molecule has 1 N–H and O–H groups in total. The van der Waals surface area contributed by atoms with E-state index < -0.39 is 21.4 Å². The highest BCUT2D eigenvalue weighted by molar-refractivity contribution is 7.89. The number of sulfonamides is 1. The summed E-state index contributed by atoms with van der Waals surface area (Å²) in [5.74, 6) is 0.680. The van der Waals surface area contributed by atoms with Crippen LogP contribution in [-0.4, -0.2) is 43.8 Å². The number of hydrogen-bond acceptors (Lipinski definition) is 4. The summed E-state index contributed by atoms with van der Waals surface area (Å²) in [4.78, 5) is 0. The fourth-order valence-corrected chi connectivity index (χ4v) is 4.15. The van der Waals surface area contributed by atoms with Crippen LogP contribution in [0.25, 0.3) is 0 Å². The fourth-order valence-electron chi connectivity index (χ4n) is 2.36. The van der Waals surface area contributed by atoms with Crippen molar-refractivity contribution in [2.75, 3.05) is 20.7 Å². The first-order valence-corrected chi connectivity index (χ1v) is 7.74. The van der Waals surface area contributed by atoms with Crippen LogP contribution < -0.4 is 4.74 Å². The standard InChI is InChI=1S/C13H19NO4S/c1-14-9-3-4-12(19(14,16)17)13(15)10-5-7-11(18-2)8-6-10/h5-8,12-13,15H,3-4,9H2,1-2H3/t12-,13-/m1/s1. The van der Waals surface area contributed by atoms with Crippen molar-refractivity contribution in [3.63, 3.8) is 0 Å². The fraction of sp³-hybridized carbons (Fsp3) is 0.538. The molecule has 0 radical (unpaired) electrons. The van der Waals surface area contributed by atoms with E-state index in [1.54, 1.807) is 38.4 Å². The van der Waals surface area contributed by atoms with Crippen molar-refractivity contribution in [3.05, 3.63) is 29.8 Å². The summed E-state index contributed by atoms with van der Waals surface area (Å²) < 4.78 is 30.8. The SMILES string of the molecule is COc1ccc([C@@H](O)[C@H]2CCCN(C)S2(=O)=O)cc1. The summed E-state index contributed by atoms with van der Waals surface area (Å²) in [7, 11) is -0.294. The lowest BCUT2D eigenvalue weighted by molar-refractivity contribution is 0.158. The molecule has 0 bridgehead atoms. The number of aliphatic hydroxyl groups excluding tert-OH is 1. The van der Waals surface area contributed by atoms with E-state index in [4.69, 9.17) is 4.74 Å². The van der Waals surface area contributed by atoms with E-state index in [0.29, 0.717) is 24.3 Å². The van der Waals surface area contributed by atoms with Crippen LogP contribution in [0.3, 0.4) is 0 Å². The van der Waals surface area contributed by atoms with Crippen LogP contribution in [-0.2, 0) is 10.0 Å². The van der Waals surface area contributed by atoms with Crippen molar-refractivity contribution < 1.29 is 18.3 Å². The van der Waals surface area contributed by atoms with Crippen molar-refractivity contribution in [1.29, 1.82) is 0 Å². The van der Waals surface area contributed by atoms with E-state index in [1.807, 2.05) is 0 Å². The van der Waals surface area contributed by atoms with Crippen molar-refractivity contribution in [3.8, 4) is 5.75 Å². The molecule has 1 aromatic rings. The van der Waals surface area contributed by atoms with Gasteiger partial charge in [-0.1, -0.05) is 12.1 Å². The van der Waals surface area contributed by atoms with Crippen LogP contribution in [0.4, 0.5) is 0 Å². The highest BCUT2D eigenvalue weighted by Crippen LogP contribution is 2.31. The number of nitrogens with zero attached hydrogens (tertiary/aromatic N) is 1. The third kappa shape index (κ3) is 2.75. The Labute approximate surface area is 113 Å². The zero-order valence-electron chi connectivity index (χ0n) is 11.1. The highest BCUT2D eigenvalue weighted by atomic mass is 32.2. The molecule has 1 aliphatic heterocycles. The molecule has 0 spiro atoms. The van der Waals surface area contributed by atoms with E-state index in [2.05, 4.69) is 0 Å². The van der Waals surface area contributed by atoms with Gasteiger partial charge >= 0.3 is 0 Å². The number of methoxy groups -OCH3 is 1. The predicted octanol–water partition coefficient (Wildman–Crippen LogP) is 1.15. The lowest BCUT2D eigenvalue weighted by atomic mass is 10.0. The summed E-state index contributed by atoms with van der Waals surface area (Å²) in [5.41, 5.74) is 0.602. The Kier molecular flexibility index (Phi) is 4.13. The summed E-state index contributed by atoms with van der Waals surface area (Å²) in [5, 5.41) is 9.55. The van der Waals surface area contributed by atoms with Gasteiger partial charge in [0, 0.05) is 13.6 Å². The van der Waals surface area contributed by atoms with Gasteiger partial charge in [0.1, 0.15) is 11.0 Å². The topological polar surface area (TPSA) is 66.8 Å². The average Bonchev–Trinajstić information content (AvgIpc) is 2.41. The number of aliphatic hydroxyl groups is 1. The van der Waals surface area contributed by atoms with Gasteiger partial charge in [-0.3, -0.25) is 0 Å². The van der Waals surface area contributed by atoms with Crippen LogP contribution in [0.5, 0.6) is 5.75 Å². The van der Waals surface area contributed by atoms with Crippen molar-refractivity contribution >= 4 is 10.0 Å². The number of rotatable bonds is 3. The van der Waals surface area contributed by atoms with Crippen LogP contribution in [0.15, 0.2) is 24.3 Å². The number of benzene rings is 1. The molecule has 1 aromatic carbocycles. The van der Waals surface area contributed by atoms with Crippen LogP contribution in [0.2, 0.25) is 0 Å². The van der Waals surface area contributed by atoms with Gasteiger partial charge in [0.2, 0.25) is 10.0 Å². The van der Waals surface area contributed by atoms with Gasteiger partial charge in [-0.2, -0.15) is 0 Å². The number of ether oxygens (including phenoxy) is 1. The Morgan fingerprint density at radius 1 is 1.37 bits per heavy atom. The first-order chi connectivity index (χ1) is 8.96. The van der Waals surface area contributed by atoms with Crippen molar-refractivity contribution in [2.24, 2.45) is 0 Å². The van der Waals surface area contributed by atoms with Crippen LogP contribution in [0, 0.1) is 0 Å². The Morgan fingerprint density at radius 2 is 2.00 bits per heavy atom. The van der Waals surface area contributed by atoms with E-state index in [9.17, 15) is 13.5 Å². The van der Waals surface area contributed by atoms with Gasteiger partial charge in [-0.15, -0.1) is 0 Å². The molecule has 0 amide bonds. The lowest BCUT2D eigenvalue weighted by Crippen LogP contribution is -2.44. The van der Waals surface area contributed by atoms with Gasteiger partial charge < -0.3 is 9.84 Å². The monoisotopic (exact) mass is 285 g/mol. The maximum absolute atomic E-state index is 12.2. The Morgan fingerprint density at radius 3 is 2.58 bits per heavy atom. The minimum Gasteiger partial charge on any atom is -0.497 e. The molecule has 106 valence electrons. The molecule has 2 rings (SSSR count). The second-order valence-electron chi connectivity index (χ2n) is 4.77. The smallest absolute Gasteiger partial charge is 0.219 e. The number of hydrogen-bond donors (Lipinski definition) is 1. The molecule has 0 unspecified atom stereocenters. The second-order valence-corrected chi connectivity index (χ2v) is 7.02. The molecule has 1 aliphatic rings. The molecular formula is C13H19NO4S. The summed E-state index contributed by atoms with van der Waals surface area (Å²) >= 11 is 0. The molecule has 1 saturated heterocycles. The van der Waals surface area contributed by atoms with Gasteiger partial charge in [0.25, 0.3) is 0 Å². The molecule has 0 aromatic heterocycles. The maximum Gasteiger partial charge on any atom is 0.219 e. The molecule has 0 saturated carbocycles. The molecular weight excluding hydrogens is 266 g/mol. The van der Waals surface area contributed by atoms with Gasteiger partial charge in [-0.05, 0) is 30.5 Å². The van der Waals surface area contributed by atoms with Gasteiger partial charge in [0.15, 0.2) is 0 Å². The molecule has 0 aliphatic carbocycles. The zero-order chi connectivity index (χ0) is 14.0. The average molecular weight is 285 g/mol. The summed E-state index contributed by atoms with van der Waals surface area (Å²) in [6, 6.07) is 6.84. The molecule has 1 heterocycles. The maximum atomic E-state index is 12.2. The van der Waals surface area contributed by atoms with Crippen molar-refractivity contribution in [1.82, 2.24) is 4.31 Å². The second kappa shape index (κ2) is 5.48. The van der Waals surface area contributed by atoms with Crippen LogP contribution in [0.1, 0.15) is 24.5 Å². The molecule has 2 atom stereocenters. The quantitative estimate of drug-likeness (QED) is 0.905. The first-order valence-electron chi connectivity index (χ1n) is 6.24. The van der Waals surface area contributed by atoms with E-state index >= 15 is 0 Å². The largest absolute Gasteiger partial charge is 0.497 e. The predicted molar refractivity (Wildman–Crippen MR) is 72.5 cm³/mol. The third-order valence-electron chi connectivity index (χ3n) is 3.59. The Balaban J connectivity index is 2.24. The van der Waals surface area contributed by atoms with Crippen molar-refractivity contribution in [2.45, 2.75) is 24.2 Å². The normalized spacial score (nSPS) is 24.9. The molecule has 19 heavy (non-hydrogen) atoms. The minimum absolute atomic E-state index is 0.486. The lowest BCUT2D eigenvalue weighted by Gasteiger charge is -2.32. The third-order valence-corrected chi connectivity index (χ3v) is 5.90. The molecule has 5 nitrogen and oxygen atoms in total. The van der Waals surface area contributed by atoms with Crippen LogP contribution >= 0.6 is 0 Å². The summed E-state index contributed by atoms with van der Waals surface area (Å²) in [6.07, 6.45) is 0.256. The highest BCUT2D eigenvalue weighted by Gasteiger charge is 2.38. The van der Waals surface area contributed by atoms with E-state index in [0.717, 1.165) is 6.42 Å². The summed E-state index contributed by atoms with van der Waals surface area (Å²) in [6.45, 7) is 0.522. The zero-order valence-corrected chi connectivity index (χ0v) is 11.9. The Bertz CT molecular complexity index is 526. The first kappa shape index (κ1) is 14.3. The van der Waals surface area contributed by atoms with Gasteiger partial charge in [-0.25, -0.2) is 12.7 Å². The van der Waals surface area contributed by atoms with E-state index in [1.165, 1.54) is 4.31 Å². The molecule has 6 heteroatoms. The molecule has 1 fully saturated rings. The minimum atomic E-state index is -3.41. The Hall–Kier alpha value is -1.11. The van der Waals surface area contributed by atoms with E-state index in [-0.39, 0.29) is 0 Å². The van der Waals surface area contributed by atoms with Gasteiger partial charge in [0.05, 0.1) is 13.2 Å².